The summed E-state index contributed by atoms with van der Waals surface area (Å²) in [6, 6.07) is 7.54. The van der Waals surface area contributed by atoms with Crippen LogP contribution in [0.3, 0.4) is 0 Å². The van der Waals surface area contributed by atoms with Gasteiger partial charge in [-0.25, -0.2) is 4.68 Å². The molecule has 26 heavy (non-hydrogen) atoms. The number of rotatable bonds is 2. The number of amides is 1. The van der Waals surface area contributed by atoms with Crippen molar-refractivity contribution in [2.45, 2.75) is 49.1 Å². The van der Waals surface area contributed by atoms with Crippen LogP contribution in [0.25, 0.3) is 0 Å². The van der Waals surface area contributed by atoms with Gasteiger partial charge in [0.1, 0.15) is 11.1 Å². The number of carbonyl (C=O) groups excluding carboxylic acids is 1. The average Bonchev–Trinajstić information content (AvgIpc) is 2.86. The maximum absolute atomic E-state index is 13.4. The van der Waals surface area contributed by atoms with E-state index in [1.54, 1.807) is 0 Å². The molecule has 2 aliphatic heterocycles. The molecule has 1 saturated heterocycles. The Hall–Kier alpha value is -1.73. The predicted molar refractivity (Wildman–Crippen MR) is 103 cm³/mol. The molecular formula is C18H22ClN5OS. The monoisotopic (exact) mass is 391 g/mol. The van der Waals surface area contributed by atoms with E-state index in [-0.39, 0.29) is 17.2 Å². The van der Waals surface area contributed by atoms with Crippen molar-refractivity contribution in [2.24, 2.45) is 0 Å². The maximum Gasteiger partial charge on any atom is 0.238 e. The molecule has 0 saturated carbocycles. The number of fused-ring (bicyclic) bond motifs is 1. The van der Waals surface area contributed by atoms with Crippen molar-refractivity contribution in [3.63, 3.8) is 0 Å². The number of benzene rings is 1. The number of halogens is 1. The topological polar surface area (TPSA) is 63.1 Å². The fourth-order valence-corrected chi connectivity index (χ4v) is 4.88. The molecular weight excluding hydrogens is 370 g/mol. The quantitative estimate of drug-likeness (QED) is 0.850. The number of likely N-dealkylation sites (tertiary alicyclic amines) is 1. The van der Waals surface area contributed by atoms with Gasteiger partial charge in [-0.15, -0.1) is 10.2 Å². The van der Waals surface area contributed by atoms with E-state index in [4.69, 9.17) is 11.6 Å². The number of thioether (sulfide) groups is 1. The van der Waals surface area contributed by atoms with Crippen LogP contribution in [0.5, 0.6) is 0 Å². The van der Waals surface area contributed by atoms with Crippen LogP contribution in [0, 0.1) is 6.92 Å². The summed E-state index contributed by atoms with van der Waals surface area (Å²) in [5.74, 6) is 0.961. The highest BCUT2D eigenvalue weighted by Gasteiger charge is 2.39. The Balaban J connectivity index is 1.66. The zero-order chi connectivity index (χ0) is 18.1. The van der Waals surface area contributed by atoms with Gasteiger partial charge in [-0.1, -0.05) is 48.3 Å². The molecule has 2 aliphatic rings. The van der Waals surface area contributed by atoms with Gasteiger partial charge >= 0.3 is 0 Å². The number of hydrogen-bond donors (Lipinski definition) is 1. The highest BCUT2D eigenvalue weighted by molar-refractivity contribution is 8.00. The van der Waals surface area contributed by atoms with E-state index in [0.717, 1.165) is 42.5 Å². The molecule has 3 heterocycles. The van der Waals surface area contributed by atoms with Crippen molar-refractivity contribution in [3.8, 4) is 0 Å². The summed E-state index contributed by atoms with van der Waals surface area (Å²) >= 11 is 7.55. The minimum atomic E-state index is -0.273. The molecule has 0 spiro atoms. The van der Waals surface area contributed by atoms with Crippen molar-refractivity contribution in [1.29, 1.82) is 0 Å². The van der Waals surface area contributed by atoms with Crippen molar-refractivity contribution >= 4 is 29.3 Å². The number of carbonyl (C=O) groups is 1. The van der Waals surface area contributed by atoms with E-state index in [1.807, 2.05) is 40.8 Å². The molecule has 6 nitrogen and oxygen atoms in total. The second kappa shape index (κ2) is 7.48. The van der Waals surface area contributed by atoms with E-state index in [0.29, 0.717) is 5.02 Å². The Labute approximate surface area is 162 Å². The molecule has 0 aliphatic carbocycles. The fraction of sp³-hybridized carbons (Fsp3) is 0.500. The van der Waals surface area contributed by atoms with Crippen molar-refractivity contribution in [1.82, 2.24) is 19.8 Å². The van der Waals surface area contributed by atoms with Crippen LogP contribution < -0.4 is 5.43 Å². The van der Waals surface area contributed by atoms with Gasteiger partial charge in [0.25, 0.3) is 0 Å². The summed E-state index contributed by atoms with van der Waals surface area (Å²) in [5.41, 5.74) is 4.48. The molecule has 0 bridgehead atoms. The summed E-state index contributed by atoms with van der Waals surface area (Å²) < 4.78 is 1.87. The Morgan fingerprint density at radius 3 is 2.54 bits per heavy atom. The lowest BCUT2D eigenvalue weighted by Crippen LogP contribution is -2.46. The summed E-state index contributed by atoms with van der Waals surface area (Å²) in [7, 11) is 0. The van der Waals surface area contributed by atoms with E-state index in [2.05, 4.69) is 15.6 Å². The zero-order valence-corrected chi connectivity index (χ0v) is 16.3. The van der Waals surface area contributed by atoms with Crippen LogP contribution >= 0.6 is 23.4 Å². The molecule has 8 heteroatoms. The van der Waals surface area contributed by atoms with Crippen LogP contribution in [-0.4, -0.2) is 44.0 Å². The largest absolute Gasteiger partial charge is 0.342 e. The summed E-state index contributed by atoms with van der Waals surface area (Å²) in [5, 5.41) is 9.51. The highest BCUT2D eigenvalue weighted by Crippen LogP contribution is 2.38. The van der Waals surface area contributed by atoms with Crippen LogP contribution in [0.15, 0.2) is 29.4 Å². The van der Waals surface area contributed by atoms with Crippen LogP contribution in [0.4, 0.5) is 0 Å². The molecule has 2 aromatic rings. The second-order valence-electron chi connectivity index (χ2n) is 6.80. The molecule has 1 aromatic heterocycles. The number of nitrogens with one attached hydrogen (secondary N) is 1. The van der Waals surface area contributed by atoms with Gasteiger partial charge in [-0.05, 0) is 37.5 Å². The van der Waals surface area contributed by atoms with Gasteiger partial charge < -0.3 is 10.3 Å². The van der Waals surface area contributed by atoms with Gasteiger partial charge in [0.15, 0.2) is 0 Å². The normalized spacial score (nSPS) is 23.1. The predicted octanol–water partition coefficient (Wildman–Crippen LogP) is 3.40. The zero-order valence-electron chi connectivity index (χ0n) is 14.7. The van der Waals surface area contributed by atoms with E-state index in [1.165, 1.54) is 24.6 Å². The molecule has 138 valence electrons. The first kappa shape index (κ1) is 17.7. The lowest BCUT2D eigenvalue weighted by Gasteiger charge is -2.35. The van der Waals surface area contributed by atoms with Gasteiger partial charge in [0.2, 0.25) is 11.1 Å². The molecule has 0 unspecified atom stereocenters. The third-order valence-corrected chi connectivity index (χ3v) is 6.44. The first-order chi connectivity index (χ1) is 12.6. The SMILES string of the molecule is Cc1nnc2n1N[C@@H](c1ccc(Cl)cc1)[C@H](C(=O)N1CCCCCC1)S2. The smallest absolute Gasteiger partial charge is 0.238 e. The minimum absolute atomic E-state index is 0.157. The van der Waals surface area contributed by atoms with Crippen LogP contribution in [0.1, 0.15) is 43.1 Å². The van der Waals surface area contributed by atoms with Crippen molar-refractivity contribution in [2.75, 3.05) is 18.5 Å². The van der Waals surface area contributed by atoms with E-state index < -0.39 is 0 Å². The number of nitrogens with zero attached hydrogens (tertiary/aromatic N) is 4. The average molecular weight is 392 g/mol. The summed E-state index contributed by atoms with van der Waals surface area (Å²) in [6.45, 7) is 3.59. The third kappa shape index (κ3) is 3.42. The molecule has 2 atom stereocenters. The first-order valence-electron chi connectivity index (χ1n) is 9.03. The Morgan fingerprint density at radius 2 is 1.85 bits per heavy atom. The van der Waals surface area contributed by atoms with Crippen molar-refractivity contribution < 1.29 is 4.79 Å². The van der Waals surface area contributed by atoms with Gasteiger partial charge in [-0.2, -0.15) is 0 Å². The first-order valence-corrected chi connectivity index (χ1v) is 10.3. The van der Waals surface area contributed by atoms with Crippen LogP contribution in [-0.2, 0) is 4.79 Å². The Kier molecular flexibility index (Phi) is 5.09. The Morgan fingerprint density at radius 1 is 1.15 bits per heavy atom. The second-order valence-corrected chi connectivity index (χ2v) is 8.35. The lowest BCUT2D eigenvalue weighted by molar-refractivity contribution is -0.131. The minimum Gasteiger partial charge on any atom is -0.342 e. The fourth-order valence-electron chi connectivity index (χ4n) is 3.54. The summed E-state index contributed by atoms with van der Waals surface area (Å²) in [4.78, 5) is 15.4. The molecule has 1 N–H and O–H groups in total. The number of aryl methyl sites for hydroxylation is 1. The van der Waals surface area contributed by atoms with Crippen molar-refractivity contribution in [3.05, 3.63) is 40.7 Å². The molecule has 1 amide bonds. The Bertz CT molecular complexity index is 785. The summed E-state index contributed by atoms with van der Waals surface area (Å²) in [6.07, 6.45) is 4.57. The van der Waals surface area contributed by atoms with E-state index in [9.17, 15) is 4.79 Å². The molecule has 0 radical (unpaired) electrons. The third-order valence-electron chi connectivity index (χ3n) is 4.99. The molecule has 1 aromatic carbocycles. The molecule has 1 fully saturated rings. The van der Waals surface area contributed by atoms with Gasteiger partial charge in [-0.3, -0.25) is 4.79 Å². The lowest BCUT2D eigenvalue weighted by atomic mass is 10.0. The molecule has 4 rings (SSSR count). The standard InChI is InChI=1S/C18H22ClN5OS/c1-12-20-21-18-24(12)22-15(13-6-8-14(19)9-7-13)16(26-18)17(25)23-10-4-2-3-5-11-23/h6-9,15-16,22H,2-5,10-11H2,1H3/t15-,16+/m0/s1. The van der Waals surface area contributed by atoms with Gasteiger partial charge in [0.05, 0.1) is 6.04 Å². The van der Waals surface area contributed by atoms with Gasteiger partial charge in [0, 0.05) is 18.1 Å². The maximum atomic E-state index is 13.4. The van der Waals surface area contributed by atoms with E-state index >= 15 is 0 Å². The van der Waals surface area contributed by atoms with Crippen LogP contribution in [0.2, 0.25) is 5.02 Å². The highest BCUT2D eigenvalue weighted by atomic mass is 35.5. The number of aromatic nitrogens is 3. The number of hydrogen-bond acceptors (Lipinski definition) is 5.